The van der Waals surface area contributed by atoms with E-state index in [9.17, 15) is 42.8 Å². The van der Waals surface area contributed by atoms with Crippen LogP contribution in [0.15, 0.2) is 86.7 Å². The summed E-state index contributed by atoms with van der Waals surface area (Å²) < 4.78 is 57.5. The maximum atomic E-state index is 13.8. The van der Waals surface area contributed by atoms with E-state index in [1.54, 1.807) is 24.3 Å². The molecule has 0 aromatic heterocycles. The summed E-state index contributed by atoms with van der Waals surface area (Å²) in [5.74, 6) is -1.03. The third-order valence-electron chi connectivity index (χ3n) is 5.65. The van der Waals surface area contributed by atoms with Crippen molar-refractivity contribution in [1.29, 1.82) is 0 Å². The summed E-state index contributed by atoms with van der Waals surface area (Å²) in [5, 5.41) is 45.7. The zero-order valence-electron chi connectivity index (χ0n) is 22.7. The molecule has 4 rings (SSSR count). The van der Waals surface area contributed by atoms with E-state index in [-0.39, 0.29) is 94.8 Å². The number of hydrogen-bond acceptors (Lipinski definition) is 14. The molecule has 0 bridgehead atoms. The fraction of sp³-hybridized carbons (Fsp3) is 0.0833. The topological polar surface area (TPSA) is 219 Å². The fourth-order valence-corrected chi connectivity index (χ4v) is 4.71. The number of nitrogens with zero attached hydrogens (tertiary/aromatic N) is 4. The first kappa shape index (κ1) is 37.6. The molecular weight excluding hydrogens is 649 g/mol. The first-order valence-corrected chi connectivity index (χ1v) is 13.5. The number of hydrogen-bond donors (Lipinski definition) is 0. The monoisotopic (exact) mass is 664 g/mol. The normalized spacial score (nSPS) is 11.2. The molecule has 0 aliphatic carbocycles. The van der Waals surface area contributed by atoms with E-state index in [1.807, 2.05) is 0 Å². The molecule has 0 aliphatic heterocycles. The maximum Gasteiger partial charge on any atom is 1.00 e. The Balaban J connectivity index is 0.00000337. The van der Waals surface area contributed by atoms with Crippen LogP contribution in [0.5, 0.6) is 5.75 Å². The minimum atomic E-state index is -4.67. The average molecular weight is 665 g/mol. The molecule has 0 fully saturated rings. The molecule has 44 heavy (non-hydrogen) atoms. The summed E-state index contributed by atoms with van der Waals surface area (Å²) >= 11 is 0.647. The Morgan fingerprint density at radius 2 is 1.52 bits per heavy atom. The number of halogens is 1. The third kappa shape index (κ3) is 9.46. The summed E-state index contributed by atoms with van der Waals surface area (Å²) in [6.45, 7) is -0.319. The van der Waals surface area contributed by atoms with Crippen LogP contribution in [0.4, 0.5) is 27.1 Å². The van der Waals surface area contributed by atoms with Crippen LogP contribution >= 0.6 is 12.0 Å². The number of benzene rings is 4. The minimum absolute atomic E-state index is 0. The second kappa shape index (κ2) is 16.6. The van der Waals surface area contributed by atoms with Crippen molar-refractivity contribution >= 4 is 55.7 Å². The van der Waals surface area contributed by atoms with Crippen molar-refractivity contribution in [3.05, 3.63) is 98.3 Å². The first-order valence-electron chi connectivity index (χ1n) is 11.4. The van der Waals surface area contributed by atoms with Crippen LogP contribution in [0.3, 0.4) is 0 Å². The molecule has 20 heteroatoms. The molecule has 0 amide bonds. The van der Waals surface area contributed by atoms with Gasteiger partial charge in [0.1, 0.15) is 32.9 Å². The van der Waals surface area contributed by atoms with E-state index in [0.29, 0.717) is 39.8 Å². The molecule has 0 N–H and O–H groups in total. The van der Waals surface area contributed by atoms with Crippen LogP contribution in [0.25, 0.3) is 10.8 Å². The minimum Gasteiger partial charge on any atom is -0.744 e. The van der Waals surface area contributed by atoms with Crippen molar-refractivity contribution in [3.63, 3.8) is 0 Å². The number of fused-ring (bicyclic) bond motifs is 1. The van der Waals surface area contributed by atoms with Gasteiger partial charge < -0.3 is 14.5 Å². The molecule has 0 spiro atoms. The molecule has 4 aromatic rings. The second-order valence-electron chi connectivity index (χ2n) is 8.20. The Kier molecular flexibility index (Phi) is 14.2. The van der Waals surface area contributed by atoms with Crippen molar-refractivity contribution in [2.24, 2.45) is 10.2 Å². The Labute approximate surface area is 296 Å². The van der Waals surface area contributed by atoms with Gasteiger partial charge in [0, 0.05) is 16.7 Å². The number of rotatable bonds is 12. The summed E-state index contributed by atoms with van der Waals surface area (Å²) in [5.41, 5.74) is -1.57. The van der Waals surface area contributed by atoms with E-state index < -0.39 is 42.1 Å². The molecule has 0 saturated heterocycles. The summed E-state index contributed by atoms with van der Waals surface area (Å²) in [4.78, 5) is 21.0. The van der Waals surface area contributed by atoms with Gasteiger partial charge in [-0.1, -0.05) is 12.1 Å². The molecule has 0 aliphatic rings. The Bertz CT molecular complexity index is 1780. The van der Waals surface area contributed by atoms with E-state index in [4.69, 9.17) is 4.74 Å². The van der Waals surface area contributed by atoms with Gasteiger partial charge in [-0.05, 0) is 47.9 Å². The van der Waals surface area contributed by atoms with Gasteiger partial charge in [0.25, 0.3) is 11.4 Å². The quantitative estimate of drug-likeness (QED) is 0.0338. The van der Waals surface area contributed by atoms with Crippen molar-refractivity contribution in [1.82, 2.24) is 0 Å². The fourth-order valence-electron chi connectivity index (χ4n) is 3.84. The van der Waals surface area contributed by atoms with Crippen LogP contribution in [0.2, 0.25) is 0 Å². The molecule has 0 saturated carbocycles. The third-order valence-corrected chi connectivity index (χ3v) is 7.06. The van der Waals surface area contributed by atoms with Gasteiger partial charge in [0.05, 0.1) is 51.2 Å². The van der Waals surface area contributed by atoms with Crippen LogP contribution in [-0.2, 0) is 25.9 Å². The van der Waals surface area contributed by atoms with Gasteiger partial charge >= 0.3 is 59.1 Å². The predicted molar refractivity (Wildman–Crippen MR) is 139 cm³/mol. The molecule has 0 atom stereocenters. The van der Waals surface area contributed by atoms with Gasteiger partial charge in [-0.25, -0.2) is 12.8 Å². The molecule has 15 nitrogen and oxygen atoms in total. The molecule has 0 radical (unpaired) electrons. The Morgan fingerprint density at radius 1 is 0.886 bits per heavy atom. The molecule has 0 unspecified atom stereocenters. The molecule has 0 heterocycles. The van der Waals surface area contributed by atoms with Crippen molar-refractivity contribution in [3.8, 4) is 5.75 Å². The number of azo groups is 1. The van der Waals surface area contributed by atoms with E-state index in [1.165, 1.54) is 18.2 Å². The Morgan fingerprint density at radius 3 is 2.09 bits per heavy atom. The van der Waals surface area contributed by atoms with Gasteiger partial charge in [-0.3, -0.25) is 25.3 Å². The van der Waals surface area contributed by atoms with Crippen LogP contribution in [0, 0.1) is 26.0 Å². The van der Waals surface area contributed by atoms with E-state index in [0.717, 1.165) is 12.1 Å². The average Bonchev–Trinajstić information content (AvgIpc) is 2.95. The van der Waals surface area contributed by atoms with Crippen molar-refractivity contribution in [2.75, 3.05) is 6.61 Å². The van der Waals surface area contributed by atoms with Gasteiger partial charge in [0.15, 0.2) is 0 Å². The summed E-state index contributed by atoms with van der Waals surface area (Å²) in [6, 6.07) is 13.7. The standard InChI is InChI=1S/C24H17FN4O11S2.2Na/c25-15-12-21(28(30)31)20(22(13-15)29(32)33)9-10-38-23-8-1-14-11-17(41-40-39-34)4-7-19(14)24(23)27-26-16-2-5-18(6-3-16)42(35,36)37;;/h1-8,11-13,34H,9-10H2,(H,35,36,37);;/q;2*+1/p-2. The second-order valence-corrected chi connectivity index (χ2v) is 10.4. The SMILES string of the molecule is O=[N+]([O-])c1cc(F)cc([N+](=O)[O-])c1CCOc1ccc2cc(SOO[O-])ccc2c1N=Nc1ccc(S(=O)(=O)[O-])cc1.[Na+].[Na+]. The van der Waals surface area contributed by atoms with Crippen LogP contribution in [-0.4, -0.2) is 29.4 Å². The van der Waals surface area contributed by atoms with E-state index >= 15 is 0 Å². The zero-order valence-corrected chi connectivity index (χ0v) is 28.4. The largest absolute Gasteiger partial charge is 1.00 e. The molecular formula is C24H15FN4Na2O11S2. The predicted octanol–water partition coefficient (Wildman–Crippen LogP) is -1.03. The summed E-state index contributed by atoms with van der Waals surface area (Å²) in [6.07, 6.45) is -0.339. The smallest absolute Gasteiger partial charge is 0.744 e. The van der Waals surface area contributed by atoms with Crippen LogP contribution < -0.4 is 69.1 Å². The summed E-state index contributed by atoms with van der Waals surface area (Å²) in [7, 11) is -4.67. The van der Waals surface area contributed by atoms with Gasteiger partial charge in [0.2, 0.25) is 0 Å². The van der Waals surface area contributed by atoms with E-state index in [2.05, 4.69) is 19.6 Å². The number of nitro benzene ring substituents is 2. The van der Waals surface area contributed by atoms with Crippen LogP contribution in [0.1, 0.15) is 5.56 Å². The Hall–Kier alpha value is -2.59. The zero-order chi connectivity index (χ0) is 30.4. The maximum absolute atomic E-state index is 13.8. The number of ether oxygens (including phenoxy) is 1. The van der Waals surface area contributed by atoms with Crippen molar-refractivity contribution in [2.45, 2.75) is 16.2 Å². The molecule has 4 aromatic carbocycles. The first-order chi connectivity index (χ1) is 20.0. The van der Waals surface area contributed by atoms with Crippen molar-refractivity contribution < 1.29 is 106 Å². The van der Waals surface area contributed by atoms with Gasteiger partial charge in [-0.15, -0.1) is 5.11 Å². The number of nitro groups is 2. The van der Waals surface area contributed by atoms with Gasteiger partial charge in [-0.2, -0.15) is 9.45 Å². The molecule has 218 valence electrons.